The Bertz CT molecular complexity index is 615. The number of halogens is 2. The summed E-state index contributed by atoms with van der Waals surface area (Å²) in [6.07, 6.45) is -5.53. The van der Waals surface area contributed by atoms with Gasteiger partial charge in [0.15, 0.2) is 12.0 Å². The van der Waals surface area contributed by atoms with E-state index in [2.05, 4.69) is 0 Å². The van der Waals surface area contributed by atoms with Crippen LogP contribution >= 0.6 is 23.2 Å². The van der Waals surface area contributed by atoms with Gasteiger partial charge in [-0.2, -0.15) is 0 Å². The third kappa shape index (κ3) is 3.75. The van der Waals surface area contributed by atoms with E-state index in [1.54, 1.807) is 0 Å². The van der Waals surface area contributed by atoms with E-state index in [0.29, 0.717) is 0 Å². The van der Waals surface area contributed by atoms with E-state index < -0.39 is 43.2 Å². The number of nitrogens with two attached hydrogens (primary N) is 1. The zero-order chi connectivity index (χ0) is 18.0. The Balaban J connectivity index is 2.10. The van der Waals surface area contributed by atoms with Gasteiger partial charge in [0, 0.05) is 0 Å². The van der Waals surface area contributed by atoms with Crippen LogP contribution in [0.2, 0.25) is 10.0 Å². The van der Waals surface area contributed by atoms with E-state index >= 15 is 0 Å². The third-order valence-corrected chi connectivity index (χ3v) is 4.23. The lowest BCUT2D eigenvalue weighted by molar-refractivity contribution is -0.248. The summed E-state index contributed by atoms with van der Waals surface area (Å²) in [5.41, 5.74) is 5.37. The standard InChI is InChI=1S/C14H17Cl2NO7/c1-22-12-6(16)3-2-5(15)8(12)13(20)23-4-7-10(18)11(19)9(17)14(21)24-7/h2-3,7,9-11,14,18-19,21H,4,17H2,1H3/t7?,9?,10-,11?,14-/m1/s1. The van der Waals surface area contributed by atoms with E-state index in [1.165, 1.54) is 19.2 Å². The van der Waals surface area contributed by atoms with Crippen LogP contribution in [0.5, 0.6) is 5.75 Å². The van der Waals surface area contributed by atoms with Crippen LogP contribution in [0.4, 0.5) is 0 Å². The summed E-state index contributed by atoms with van der Waals surface area (Å²) in [5.74, 6) is -0.824. The number of aliphatic hydroxyl groups is 3. The third-order valence-electron chi connectivity index (χ3n) is 3.61. The lowest BCUT2D eigenvalue weighted by Gasteiger charge is -2.38. The molecule has 5 N–H and O–H groups in total. The number of esters is 1. The fourth-order valence-electron chi connectivity index (χ4n) is 2.26. The van der Waals surface area contributed by atoms with Crippen LogP contribution in [0.1, 0.15) is 10.4 Å². The summed E-state index contributed by atoms with van der Waals surface area (Å²) in [7, 11) is 1.32. The van der Waals surface area contributed by atoms with Crippen molar-refractivity contribution in [3.63, 3.8) is 0 Å². The minimum atomic E-state index is -1.50. The summed E-state index contributed by atoms with van der Waals surface area (Å²) in [4.78, 5) is 12.2. The monoisotopic (exact) mass is 381 g/mol. The average molecular weight is 382 g/mol. The molecule has 0 bridgehead atoms. The van der Waals surface area contributed by atoms with Crippen molar-refractivity contribution in [1.29, 1.82) is 0 Å². The van der Waals surface area contributed by atoms with Crippen LogP contribution in [-0.2, 0) is 9.47 Å². The van der Waals surface area contributed by atoms with Gasteiger partial charge in [0.2, 0.25) is 0 Å². The number of rotatable bonds is 4. The van der Waals surface area contributed by atoms with Gasteiger partial charge in [-0.15, -0.1) is 0 Å². The second-order valence-corrected chi connectivity index (χ2v) is 5.97. The van der Waals surface area contributed by atoms with Gasteiger partial charge in [-0.1, -0.05) is 23.2 Å². The summed E-state index contributed by atoms with van der Waals surface area (Å²) in [6.45, 7) is -0.452. The quantitative estimate of drug-likeness (QED) is 0.532. The molecule has 134 valence electrons. The molecule has 1 aliphatic heterocycles. The van der Waals surface area contributed by atoms with Crippen molar-refractivity contribution in [1.82, 2.24) is 0 Å². The predicted octanol–water partition coefficient (Wildman–Crippen LogP) is -0.0749. The Hall–Kier alpha value is -1.13. The number of ether oxygens (including phenoxy) is 3. The van der Waals surface area contributed by atoms with E-state index in [1.807, 2.05) is 0 Å². The van der Waals surface area contributed by atoms with Crippen molar-refractivity contribution in [3.8, 4) is 5.75 Å². The number of hydrogen-bond donors (Lipinski definition) is 4. The van der Waals surface area contributed by atoms with Gasteiger partial charge in [-0.25, -0.2) is 4.79 Å². The lowest BCUT2D eigenvalue weighted by Crippen LogP contribution is -2.62. The average Bonchev–Trinajstić information content (AvgIpc) is 2.56. The first kappa shape index (κ1) is 19.2. The molecule has 0 amide bonds. The number of aliphatic hydroxyl groups excluding tert-OH is 3. The fraction of sp³-hybridized carbons (Fsp3) is 0.500. The minimum absolute atomic E-state index is 0.0429. The van der Waals surface area contributed by atoms with Crippen LogP contribution in [-0.4, -0.2) is 65.6 Å². The molecule has 1 fully saturated rings. The highest BCUT2D eigenvalue weighted by molar-refractivity contribution is 6.37. The predicted molar refractivity (Wildman–Crippen MR) is 84.2 cm³/mol. The minimum Gasteiger partial charge on any atom is -0.494 e. The van der Waals surface area contributed by atoms with Crippen molar-refractivity contribution in [2.45, 2.75) is 30.6 Å². The summed E-state index contributed by atoms with van der Waals surface area (Å²) in [5, 5.41) is 29.4. The van der Waals surface area contributed by atoms with E-state index in [9.17, 15) is 20.1 Å². The highest BCUT2D eigenvalue weighted by atomic mass is 35.5. The van der Waals surface area contributed by atoms with Gasteiger partial charge in [0.05, 0.1) is 23.2 Å². The molecular formula is C14H17Cl2NO7. The van der Waals surface area contributed by atoms with Gasteiger partial charge >= 0.3 is 5.97 Å². The number of methoxy groups -OCH3 is 1. The van der Waals surface area contributed by atoms with Gasteiger partial charge in [-0.05, 0) is 12.1 Å². The van der Waals surface area contributed by atoms with Gasteiger partial charge in [-0.3, -0.25) is 0 Å². The summed E-state index contributed by atoms with van der Waals surface area (Å²) >= 11 is 11.9. The first-order valence-electron chi connectivity index (χ1n) is 6.92. The molecule has 1 heterocycles. The molecule has 5 atom stereocenters. The molecule has 1 saturated heterocycles. The van der Waals surface area contributed by atoms with Gasteiger partial charge < -0.3 is 35.3 Å². The largest absolute Gasteiger partial charge is 0.494 e. The molecule has 0 spiro atoms. The van der Waals surface area contributed by atoms with E-state index in [-0.39, 0.29) is 21.4 Å². The van der Waals surface area contributed by atoms with E-state index in [0.717, 1.165) is 0 Å². The highest BCUT2D eigenvalue weighted by Gasteiger charge is 2.42. The molecule has 0 saturated carbocycles. The molecule has 1 aliphatic rings. The Labute approximate surface area is 147 Å². The molecule has 3 unspecified atom stereocenters. The molecular weight excluding hydrogens is 365 g/mol. The molecule has 1 aromatic carbocycles. The molecule has 10 heteroatoms. The van der Waals surface area contributed by atoms with Gasteiger partial charge in [0.25, 0.3) is 0 Å². The van der Waals surface area contributed by atoms with Crippen molar-refractivity contribution in [2.24, 2.45) is 5.73 Å². The van der Waals surface area contributed by atoms with Crippen molar-refractivity contribution in [3.05, 3.63) is 27.7 Å². The molecule has 2 rings (SSSR count). The number of benzene rings is 1. The van der Waals surface area contributed by atoms with Crippen LogP contribution in [0.3, 0.4) is 0 Å². The molecule has 0 aromatic heterocycles. The zero-order valence-corrected chi connectivity index (χ0v) is 14.1. The first-order chi connectivity index (χ1) is 11.3. The van der Waals surface area contributed by atoms with Crippen LogP contribution in [0.25, 0.3) is 0 Å². The molecule has 1 aromatic rings. The summed E-state index contributed by atoms with van der Waals surface area (Å²) < 4.78 is 15.1. The van der Waals surface area contributed by atoms with E-state index in [4.69, 9.17) is 43.1 Å². The SMILES string of the molecule is COc1c(Cl)ccc(Cl)c1C(=O)OCC1O[C@@H](O)C(N)C(O)[C@@H]1O. The Morgan fingerprint density at radius 2 is 1.88 bits per heavy atom. The van der Waals surface area contributed by atoms with Crippen LogP contribution in [0, 0.1) is 0 Å². The van der Waals surface area contributed by atoms with Crippen molar-refractivity contribution < 1.29 is 34.3 Å². The Morgan fingerprint density at radius 3 is 2.50 bits per heavy atom. The Morgan fingerprint density at radius 1 is 1.25 bits per heavy atom. The topological polar surface area (TPSA) is 131 Å². The maximum atomic E-state index is 12.2. The second kappa shape index (κ2) is 7.83. The fourth-order valence-corrected chi connectivity index (χ4v) is 2.72. The number of carbonyl (C=O) groups excluding carboxylic acids is 1. The first-order valence-corrected chi connectivity index (χ1v) is 7.67. The molecule has 0 aliphatic carbocycles. The molecule has 24 heavy (non-hydrogen) atoms. The number of hydrogen-bond acceptors (Lipinski definition) is 8. The van der Waals surface area contributed by atoms with Crippen molar-refractivity contribution >= 4 is 29.2 Å². The number of carbonyl (C=O) groups is 1. The normalized spacial score (nSPS) is 30.0. The van der Waals surface area contributed by atoms with Crippen LogP contribution < -0.4 is 10.5 Å². The molecule has 8 nitrogen and oxygen atoms in total. The maximum Gasteiger partial charge on any atom is 0.343 e. The Kier molecular flexibility index (Phi) is 6.27. The zero-order valence-electron chi connectivity index (χ0n) is 12.6. The second-order valence-electron chi connectivity index (χ2n) is 5.16. The molecule has 0 radical (unpaired) electrons. The highest BCUT2D eigenvalue weighted by Crippen LogP contribution is 2.34. The summed E-state index contributed by atoms with van der Waals surface area (Å²) in [6, 6.07) is 1.69. The van der Waals surface area contributed by atoms with Gasteiger partial charge in [0.1, 0.15) is 30.5 Å². The van der Waals surface area contributed by atoms with Crippen LogP contribution in [0.15, 0.2) is 12.1 Å². The van der Waals surface area contributed by atoms with Crippen molar-refractivity contribution in [2.75, 3.05) is 13.7 Å². The smallest absolute Gasteiger partial charge is 0.343 e. The maximum absolute atomic E-state index is 12.2. The lowest BCUT2D eigenvalue weighted by atomic mass is 9.98.